The van der Waals surface area contributed by atoms with Gasteiger partial charge in [0, 0.05) is 30.1 Å². The van der Waals surface area contributed by atoms with Crippen molar-refractivity contribution >= 4 is 23.4 Å². The van der Waals surface area contributed by atoms with Crippen LogP contribution >= 0.6 is 11.8 Å². The standard InChI is InChI=1S/C25H21F4N5O2S/c1-33-14-22(37-17-8-6-16(7-9-17)25(27,28)29)24(35)30-23(33)20-12-21(19-10-11-36-32-19)34(31-20)13-15-4-2-3-5-18(15)26/h2-9,12,14,23H,10-11,13H2,1H3,(H,30,35). The van der Waals surface area contributed by atoms with Crippen LogP contribution in [0.15, 0.2) is 75.8 Å². The lowest BCUT2D eigenvalue weighted by atomic mass is 10.1. The van der Waals surface area contributed by atoms with Gasteiger partial charge in [0.15, 0.2) is 0 Å². The average molecular weight is 532 g/mol. The molecular weight excluding hydrogens is 510 g/mol. The number of hydrogen-bond donors (Lipinski definition) is 1. The van der Waals surface area contributed by atoms with Gasteiger partial charge in [0.25, 0.3) is 5.91 Å². The van der Waals surface area contributed by atoms with Crippen molar-refractivity contribution in [1.29, 1.82) is 0 Å². The Morgan fingerprint density at radius 1 is 1.16 bits per heavy atom. The molecule has 2 aliphatic rings. The van der Waals surface area contributed by atoms with Crippen LogP contribution in [0.4, 0.5) is 17.6 Å². The van der Waals surface area contributed by atoms with E-state index in [0.717, 1.165) is 23.9 Å². The van der Waals surface area contributed by atoms with Crippen molar-refractivity contribution in [3.05, 3.63) is 94.0 Å². The highest BCUT2D eigenvalue weighted by Crippen LogP contribution is 2.35. The maximum Gasteiger partial charge on any atom is 0.416 e. The van der Waals surface area contributed by atoms with Gasteiger partial charge in [-0.1, -0.05) is 35.1 Å². The third-order valence-corrected chi connectivity index (χ3v) is 6.91. The Balaban J connectivity index is 1.39. The molecule has 1 aromatic heterocycles. The number of aromatic nitrogens is 2. The van der Waals surface area contributed by atoms with Crippen molar-refractivity contribution in [2.75, 3.05) is 13.7 Å². The van der Waals surface area contributed by atoms with Crippen LogP contribution in [0, 0.1) is 5.82 Å². The second kappa shape index (κ2) is 9.92. The number of benzene rings is 2. The first-order valence-electron chi connectivity index (χ1n) is 11.3. The van der Waals surface area contributed by atoms with Gasteiger partial charge in [-0.25, -0.2) is 4.39 Å². The van der Waals surface area contributed by atoms with Crippen LogP contribution in [0.25, 0.3) is 0 Å². The molecule has 192 valence electrons. The molecule has 12 heteroatoms. The molecule has 1 amide bonds. The molecule has 5 rings (SSSR count). The number of alkyl halides is 3. The lowest BCUT2D eigenvalue weighted by Crippen LogP contribution is -2.42. The molecule has 0 saturated carbocycles. The number of oxime groups is 1. The number of hydrogen-bond acceptors (Lipinski definition) is 6. The summed E-state index contributed by atoms with van der Waals surface area (Å²) in [5.74, 6) is -0.745. The van der Waals surface area contributed by atoms with Gasteiger partial charge in [0.2, 0.25) is 0 Å². The summed E-state index contributed by atoms with van der Waals surface area (Å²) in [5.41, 5.74) is 1.55. The van der Waals surface area contributed by atoms with Gasteiger partial charge in [-0.3, -0.25) is 9.48 Å². The number of nitrogens with one attached hydrogen (secondary N) is 1. The molecule has 0 bridgehead atoms. The number of thioether (sulfide) groups is 1. The van der Waals surface area contributed by atoms with E-state index < -0.39 is 17.9 Å². The lowest BCUT2D eigenvalue weighted by molar-refractivity contribution is -0.137. The molecule has 0 saturated heterocycles. The predicted molar refractivity (Wildman–Crippen MR) is 129 cm³/mol. The fraction of sp³-hybridized carbons (Fsp3) is 0.240. The first-order chi connectivity index (χ1) is 17.7. The van der Waals surface area contributed by atoms with E-state index in [1.54, 1.807) is 47.1 Å². The van der Waals surface area contributed by atoms with Crippen molar-refractivity contribution in [2.24, 2.45) is 5.16 Å². The van der Waals surface area contributed by atoms with Crippen LogP contribution in [-0.2, 0) is 22.4 Å². The fourth-order valence-corrected chi connectivity index (χ4v) is 4.90. The second-order valence-electron chi connectivity index (χ2n) is 8.48. The van der Waals surface area contributed by atoms with E-state index in [-0.39, 0.29) is 18.3 Å². The van der Waals surface area contributed by atoms with Crippen LogP contribution in [0.1, 0.15) is 35.1 Å². The molecule has 3 heterocycles. The Labute approximate surface area is 213 Å². The first kappa shape index (κ1) is 24.9. The molecule has 0 fully saturated rings. The highest BCUT2D eigenvalue weighted by molar-refractivity contribution is 8.04. The predicted octanol–water partition coefficient (Wildman–Crippen LogP) is 4.91. The Bertz CT molecular complexity index is 1380. The maximum absolute atomic E-state index is 14.3. The van der Waals surface area contributed by atoms with Crippen LogP contribution in [-0.4, -0.2) is 40.0 Å². The Hall–Kier alpha value is -3.80. The van der Waals surface area contributed by atoms with Crippen LogP contribution in [0.3, 0.4) is 0 Å². The highest BCUT2D eigenvalue weighted by Gasteiger charge is 2.32. The Morgan fingerprint density at radius 3 is 2.59 bits per heavy atom. The largest absolute Gasteiger partial charge is 0.416 e. The zero-order chi connectivity index (χ0) is 26.2. The summed E-state index contributed by atoms with van der Waals surface area (Å²) < 4.78 is 54.5. The maximum atomic E-state index is 14.3. The molecule has 2 aliphatic heterocycles. The van der Waals surface area contributed by atoms with Crippen LogP contribution in [0.5, 0.6) is 0 Å². The second-order valence-corrected chi connectivity index (χ2v) is 9.60. The van der Waals surface area contributed by atoms with E-state index in [0.29, 0.717) is 45.5 Å². The zero-order valence-corrected chi connectivity index (χ0v) is 20.3. The quantitative estimate of drug-likeness (QED) is 0.458. The third kappa shape index (κ3) is 5.33. The molecule has 1 unspecified atom stereocenters. The van der Waals surface area contributed by atoms with Gasteiger partial charge in [0.1, 0.15) is 30.0 Å². The number of halogens is 4. The molecule has 2 aromatic carbocycles. The molecule has 3 aromatic rings. The smallest absolute Gasteiger partial charge is 0.395 e. The van der Waals surface area contributed by atoms with Gasteiger partial charge >= 0.3 is 6.18 Å². The van der Waals surface area contributed by atoms with Gasteiger partial charge in [-0.2, -0.15) is 18.3 Å². The minimum atomic E-state index is -4.43. The summed E-state index contributed by atoms with van der Waals surface area (Å²) in [6.45, 7) is 0.596. The van der Waals surface area contributed by atoms with E-state index in [2.05, 4.69) is 15.6 Å². The summed E-state index contributed by atoms with van der Waals surface area (Å²) in [4.78, 5) is 20.6. The molecule has 1 atom stereocenters. The fourth-order valence-electron chi connectivity index (χ4n) is 4.01. The minimum Gasteiger partial charge on any atom is -0.395 e. The third-order valence-electron chi connectivity index (χ3n) is 5.89. The Kier molecular flexibility index (Phi) is 6.67. The number of carbonyl (C=O) groups is 1. The summed E-state index contributed by atoms with van der Waals surface area (Å²) in [6.07, 6.45) is -2.85. The number of carbonyl (C=O) groups excluding carboxylic acids is 1. The van der Waals surface area contributed by atoms with Gasteiger partial charge in [-0.05, 0) is 36.4 Å². The van der Waals surface area contributed by atoms with E-state index in [1.165, 1.54) is 18.2 Å². The molecular formula is C25H21F4N5O2S. The zero-order valence-electron chi connectivity index (χ0n) is 19.5. The highest BCUT2D eigenvalue weighted by atomic mass is 32.2. The molecule has 7 nitrogen and oxygen atoms in total. The van der Waals surface area contributed by atoms with Crippen molar-refractivity contribution in [2.45, 2.75) is 30.2 Å². The Morgan fingerprint density at radius 2 is 1.92 bits per heavy atom. The summed E-state index contributed by atoms with van der Waals surface area (Å²) in [7, 11) is 1.75. The summed E-state index contributed by atoms with van der Waals surface area (Å²) >= 11 is 1.06. The molecule has 0 radical (unpaired) electrons. The monoisotopic (exact) mass is 531 g/mol. The molecule has 37 heavy (non-hydrogen) atoms. The van der Waals surface area contributed by atoms with Gasteiger partial charge in [0.05, 0.1) is 22.7 Å². The number of rotatable bonds is 6. The van der Waals surface area contributed by atoms with Crippen molar-refractivity contribution in [1.82, 2.24) is 20.0 Å². The number of amides is 1. The summed E-state index contributed by atoms with van der Waals surface area (Å²) in [6, 6.07) is 12.8. The minimum absolute atomic E-state index is 0.163. The van der Waals surface area contributed by atoms with E-state index in [1.807, 2.05) is 0 Å². The van der Waals surface area contributed by atoms with E-state index in [4.69, 9.17) is 4.84 Å². The van der Waals surface area contributed by atoms with Gasteiger partial charge in [-0.15, -0.1) is 0 Å². The summed E-state index contributed by atoms with van der Waals surface area (Å²) in [5, 5.41) is 11.6. The van der Waals surface area contributed by atoms with Crippen LogP contribution in [0.2, 0.25) is 0 Å². The molecule has 0 aliphatic carbocycles. The van der Waals surface area contributed by atoms with Crippen molar-refractivity contribution in [3.63, 3.8) is 0 Å². The normalized spacial score (nSPS) is 17.8. The van der Waals surface area contributed by atoms with E-state index in [9.17, 15) is 22.4 Å². The topological polar surface area (TPSA) is 71.8 Å². The lowest BCUT2D eigenvalue weighted by Gasteiger charge is -2.31. The van der Waals surface area contributed by atoms with Gasteiger partial charge < -0.3 is 15.1 Å². The van der Waals surface area contributed by atoms with Crippen molar-refractivity contribution < 1.29 is 27.2 Å². The molecule has 1 N–H and O–H groups in total. The first-order valence-corrected chi connectivity index (χ1v) is 12.1. The van der Waals surface area contributed by atoms with E-state index >= 15 is 0 Å². The SMILES string of the molecule is CN1C=C(Sc2ccc(C(F)(F)F)cc2)C(=O)NC1c1cc(C2=NOCC2)n(Cc2ccccc2F)n1. The van der Waals surface area contributed by atoms with Crippen LogP contribution < -0.4 is 5.32 Å². The number of nitrogens with zero attached hydrogens (tertiary/aromatic N) is 4. The molecule has 0 spiro atoms. The average Bonchev–Trinajstić information content (AvgIpc) is 3.53. The van der Waals surface area contributed by atoms with Crippen molar-refractivity contribution in [3.8, 4) is 0 Å².